The van der Waals surface area contributed by atoms with Crippen LogP contribution >= 0.6 is 0 Å². The van der Waals surface area contributed by atoms with Crippen molar-refractivity contribution in [2.24, 2.45) is 11.7 Å². The highest BCUT2D eigenvalue weighted by Gasteiger charge is 2.21. The summed E-state index contributed by atoms with van der Waals surface area (Å²) in [5.74, 6) is 0.636. The molecule has 1 saturated carbocycles. The van der Waals surface area contributed by atoms with Crippen LogP contribution in [0, 0.1) is 12.8 Å². The average molecular weight is 218 g/mol. The molecule has 0 saturated heterocycles. The minimum atomic E-state index is 0.137. The molecule has 1 aliphatic carbocycles. The van der Waals surface area contributed by atoms with E-state index in [1.54, 1.807) is 0 Å². The zero-order valence-corrected chi connectivity index (χ0v) is 10.2. The summed E-state index contributed by atoms with van der Waals surface area (Å²) in [4.78, 5) is 4.55. The standard InChI is InChI=1S/C14H22N2/c1-11-7-6-10-13(16-11)14(15)12-8-4-2-3-5-9-12/h6-7,10,12,14H,2-5,8-9,15H2,1H3. The molecular formula is C14H22N2. The van der Waals surface area contributed by atoms with Crippen LogP contribution in [-0.2, 0) is 0 Å². The number of nitrogens with zero attached hydrogens (tertiary/aromatic N) is 1. The molecule has 0 spiro atoms. The molecular weight excluding hydrogens is 196 g/mol. The van der Waals surface area contributed by atoms with Gasteiger partial charge in [-0.1, -0.05) is 31.7 Å². The number of aromatic nitrogens is 1. The molecule has 0 amide bonds. The molecule has 2 rings (SSSR count). The average Bonchev–Trinajstić information content (AvgIpc) is 2.56. The molecule has 1 fully saturated rings. The predicted octanol–water partition coefficient (Wildman–Crippen LogP) is 3.36. The Balaban J connectivity index is 2.07. The maximum Gasteiger partial charge on any atom is 0.0577 e. The van der Waals surface area contributed by atoms with Gasteiger partial charge in [-0.2, -0.15) is 0 Å². The zero-order valence-electron chi connectivity index (χ0n) is 10.2. The molecule has 0 aliphatic heterocycles. The number of pyridine rings is 1. The van der Waals surface area contributed by atoms with Crippen molar-refractivity contribution in [2.45, 2.75) is 51.5 Å². The molecule has 2 heteroatoms. The van der Waals surface area contributed by atoms with Crippen molar-refractivity contribution in [3.63, 3.8) is 0 Å². The van der Waals surface area contributed by atoms with E-state index in [1.807, 2.05) is 13.0 Å². The Morgan fingerprint density at radius 2 is 1.88 bits per heavy atom. The summed E-state index contributed by atoms with van der Waals surface area (Å²) in [6, 6.07) is 6.30. The summed E-state index contributed by atoms with van der Waals surface area (Å²) in [6.45, 7) is 2.03. The SMILES string of the molecule is Cc1cccc(C(N)C2CCCCCC2)n1. The fourth-order valence-electron chi connectivity index (χ4n) is 2.66. The summed E-state index contributed by atoms with van der Waals surface area (Å²) >= 11 is 0. The maximum atomic E-state index is 6.35. The van der Waals surface area contributed by atoms with Crippen molar-refractivity contribution < 1.29 is 0 Å². The van der Waals surface area contributed by atoms with Gasteiger partial charge in [-0.05, 0) is 37.8 Å². The van der Waals surface area contributed by atoms with Crippen LogP contribution in [0.3, 0.4) is 0 Å². The predicted molar refractivity (Wildman–Crippen MR) is 67.1 cm³/mol. The number of rotatable bonds is 2. The lowest BCUT2D eigenvalue weighted by Crippen LogP contribution is -2.22. The molecule has 2 nitrogen and oxygen atoms in total. The maximum absolute atomic E-state index is 6.35. The summed E-state index contributed by atoms with van der Waals surface area (Å²) < 4.78 is 0. The van der Waals surface area contributed by atoms with Crippen molar-refractivity contribution in [3.05, 3.63) is 29.6 Å². The number of hydrogen-bond donors (Lipinski definition) is 1. The third-order valence-corrected chi connectivity index (χ3v) is 3.66. The smallest absolute Gasteiger partial charge is 0.0577 e. The van der Waals surface area contributed by atoms with Crippen LogP contribution in [0.2, 0.25) is 0 Å². The Morgan fingerprint density at radius 1 is 1.19 bits per heavy atom. The van der Waals surface area contributed by atoms with Crippen LogP contribution in [0.4, 0.5) is 0 Å². The third-order valence-electron chi connectivity index (χ3n) is 3.66. The van der Waals surface area contributed by atoms with E-state index < -0.39 is 0 Å². The van der Waals surface area contributed by atoms with Crippen molar-refractivity contribution in [3.8, 4) is 0 Å². The van der Waals surface area contributed by atoms with Gasteiger partial charge in [-0.15, -0.1) is 0 Å². The molecule has 16 heavy (non-hydrogen) atoms. The van der Waals surface area contributed by atoms with E-state index in [9.17, 15) is 0 Å². The highest BCUT2D eigenvalue weighted by atomic mass is 14.8. The first kappa shape index (κ1) is 11.6. The second kappa shape index (κ2) is 5.44. The number of hydrogen-bond acceptors (Lipinski definition) is 2. The normalized spacial score (nSPS) is 20.4. The molecule has 0 bridgehead atoms. The molecule has 2 N–H and O–H groups in total. The molecule has 1 aliphatic rings. The second-order valence-corrected chi connectivity index (χ2v) is 4.98. The minimum Gasteiger partial charge on any atom is -0.322 e. The van der Waals surface area contributed by atoms with E-state index in [2.05, 4.69) is 17.1 Å². The van der Waals surface area contributed by atoms with Crippen molar-refractivity contribution in [2.75, 3.05) is 0 Å². The Kier molecular flexibility index (Phi) is 3.94. The van der Waals surface area contributed by atoms with Crippen molar-refractivity contribution >= 4 is 0 Å². The van der Waals surface area contributed by atoms with Crippen LogP contribution in [0.1, 0.15) is 56.0 Å². The van der Waals surface area contributed by atoms with Gasteiger partial charge in [0.05, 0.1) is 5.69 Å². The Morgan fingerprint density at radius 3 is 2.50 bits per heavy atom. The molecule has 1 heterocycles. The first-order chi connectivity index (χ1) is 7.77. The highest BCUT2D eigenvalue weighted by Crippen LogP contribution is 2.31. The van der Waals surface area contributed by atoms with Crippen LogP contribution in [0.5, 0.6) is 0 Å². The fraction of sp³-hybridized carbons (Fsp3) is 0.643. The van der Waals surface area contributed by atoms with Gasteiger partial charge in [0.15, 0.2) is 0 Å². The van der Waals surface area contributed by atoms with Crippen molar-refractivity contribution in [1.29, 1.82) is 0 Å². The van der Waals surface area contributed by atoms with Gasteiger partial charge in [0.2, 0.25) is 0 Å². The molecule has 1 atom stereocenters. The zero-order chi connectivity index (χ0) is 11.4. The summed E-state index contributed by atoms with van der Waals surface area (Å²) in [5, 5.41) is 0. The number of nitrogens with two attached hydrogens (primary N) is 1. The molecule has 0 aromatic carbocycles. The summed E-state index contributed by atoms with van der Waals surface area (Å²) in [5.41, 5.74) is 8.49. The molecule has 88 valence electrons. The molecule has 1 aromatic rings. The lowest BCUT2D eigenvalue weighted by atomic mass is 9.90. The van der Waals surface area contributed by atoms with E-state index in [-0.39, 0.29) is 6.04 Å². The van der Waals surface area contributed by atoms with Crippen LogP contribution in [-0.4, -0.2) is 4.98 Å². The van der Waals surface area contributed by atoms with Gasteiger partial charge in [-0.3, -0.25) is 4.98 Å². The van der Waals surface area contributed by atoms with E-state index >= 15 is 0 Å². The van der Waals surface area contributed by atoms with Gasteiger partial charge in [-0.25, -0.2) is 0 Å². The second-order valence-electron chi connectivity index (χ2n) is 4.98. The Hall–Kier alpha value is -0.890. The van der Waals surface area contributed by atoms with Gasteiger partial charge in [0.25, 0.3) is 0 Å². The lowest BCUT2D eigenvalue weighted by Gasteiger charge is -2.22. The minimum absolute atomic E-state index is 0.137. The third kappa shape index (κ3) is 2.82. The summed E-state index contributed by atoms with van der Waals surface area (Å²) in [6.07, 6.45) is 7.98. The van der Waals surface area contributed by atoms with E-state index in [0.29, 0.717) is 5.92 Å². The fourth-order valence-corrected chi connectivity index (χ4v) is 2.66. The first-order valence-corrected chi connectivity index (χ1v) is 6.46. The van der Waals surface area contributed by atoms with Crippen LogP contribution in [0.15, 0.2) is 18.2 Å². The van der Waals surface area contributed by atoms with Gasteiger partial charge in [0, 0.05) is 11.7 Å². The van der Waals surface area contributed by atoms with E-state index in [1.165, 1.54) is 38.5 Å². The largest absolute Gasteiger partial charge is 0.322 e. The van der Waals surface area contributed by atoms with Crippen molar-refractivity contribution in [1.82, 2.24) is 4.98 Å². The van der Waals surface area contributed by atoms with Crippen LogP contribution < -0.4 is 5.73 Å². The lowest BCUT2D eigenvalue weighted by molar-refractivity contribution is 0.376. The molecule has 1 unspecified atom stereocenters. The number of aryl methyl sites for hydroxylation is 1. The van der Waals surface area contributed by atoms with E-state index in [4.69, 9.17) is 5.73 Å². The van der Waals surface area contributed by atoms with E-state index in [0.717, 1.165) is 11.4 Å². The van der Waals surface area contributed by atoms with Gasteiger partial charge >= 0.3 is 0 Å². The van der Waals surface area contributed by atoms with Gasteiger partial charge in [0.1, 0.15) is 0 Å². The monoisotopic (exact) mass is 218 g/mol. The highest BCUT2D eigenvalue weighted by molar-refractivity contribution is 5.13. The van der Waals surface area contributed by atoms with Crippen LogP contribution in [0.25, 0.3) is 0 Å². The molecule has 1 aromatic heterocycles. The molecule has 0 radical (unpaired) electrons. The summed E-state index contributed by atoms with van der Waals surface area (Å²) in [7, 11) is 0. The Bertz CT molecular complexity index is 327. The first-order valence-electron chi connectivity index (χ1n) is 6.46. The van der Waals surface area contributed by atoms with Gasteiger partial charge < -0.3 is 5.73 Å². The quantitative estimate of drug-likeness (QED) is 0.773. The Labute approximate surface area is 98.3 Å². The topological polar surface area (TPSA) is 38.9 Å².